The first-order valence-corrected chi connectivity index (χ1v) is 23.8. The molecule has 15 nitrogen and oxygen atoms in total. The monoisotopic (exact) mass is 959 g/mol. The lowest BCUT2D eigenvalue weighted by Gasteiger charge is -2.43. The Morgan fingerprint density at radius 2 is 1.10 bits per heavy atom. The highest BCUT2D eigenvalue weighted by Crippen LogP contribution is 2.32. The van der Waals surface area contributed by atoms with Crippen molar-refractivity contribution in [2.45, 2.75) is 127 Å². The number of ether oxygens (including phenoxy) is 10. The summed E-state index contributed by atoms with van der Waals surface area (Å²) in [6.45, 7) is 6.28. The summed E-state index contributed by atoms with van der Waals surface area (Å²) >= 11 is 0. The fourth-order valence-corrected chi connectivity index (χ4v) is 8.22. The van der Waals surface area contributed by atoms with Crippen LogP contribution in [0, 0.1) is 0 Å². The van der Waals surface area contributed by atoms with E-state index in [1.165, 1.54) is 19.9 Å². The van der Waals surface area contributed by atoms with Crippen molar-refractivity contribution < 1.29 is 57.6 Å². The molecule has 5 aromatic rings. The summed E-state index contributed by atoms with van der Waals surface area (Å²) in [6.07, 6.45) is -6.52. The number of nitrogens with zero attached hydrogens (tertiary/aromatic N) is 3. The average Bonchev–Trinajstić information content (AvgIpc) is 3.37. The number of aliphatic hydroxyl groups excluding tert-OH is 1. The van der Waals surface area contributed by atoms with E-state index in [4.69, 9.17) is 47.4 Å². The van der Waals surface area contributed by atoms with Crippen LogP contribution in [0.4, 0.5) is 0 Å². The normalized spacial score (nSPS) is 23.8. The molecule has 2 aliphatic heterocycles. The first-order chi connectivity index (χ1) is 34.2. The Balaban J connectivity index is 1.13. The maximum atomic E-state index is 11.8. The summed E-state index contributed by atoms with van der Waals surface area (Å²) in [6, 6.07) is 47.9. The third-order valence-electron chi connectivity index (χ3n) is 11.7. The molecule has 70 heavy (non-hydrogen) atoms. The van der Waals surface area contributed by atoms with E-state index in [0.717, 1.165) is 27.8 Å². The van der Waals surface area contributed by atoms with Crippen LogP contribution in [0.25, 0.3) is 10.4 Å². The maximum absolute atomic E-state index is 11.8. The molecule has 2 aliphatic rings. The third kappa shape index (κ3) is 16.3. The van der Waals surface area contributed by atoms with Crippen LogP contribution in [-0.4, -0.2) is 97.2 Å². The van der Waals surface area contributed by atoms with Gasteiger partial charge in [0.15, 0.2) is 12.6 Å². The van der Waals surface area contributed by atoms with E-state index >= 15 is 0 Å². The van der Waals surface area contributed by atoms with Crippen LogP contribution < -0.4 is 0 Å². The van der Waals surface area contributed by atoms with Gasteiger partial charge in [0.2, 0.25) is 5.79 Å². The van der Waals surface area contributed by atoms with Crippen LogP contribution in [-0.2, 0) is 80.4 Å². The van der Waals surface area contributed by atoms with Crippen molar-refractivity contribution in [3.8, 4) is 0 Å². The number of benzene rings is 5. The fourth-order valence-electron chi connectivity index (χ4n) is 8.22. The molecule has 0 aromatic heterocycles. The summed E-state index contributed by atoms with van der Waals surface area (Å²) in [7, 11) is 0. The van der Waals surface area contributed by atoms with Gasteiger partial charge in [-0.3, -0.25) is 0 Å². The van der Waals surface area contributed by atoms with Gasteiger partial charge in [-0.2, -0.15) is 0 Å². The molecule has 15 heteroatoms. The fraction of sp³-hybridized carbons (Fsp3) is 0.418. The minimum atomic E-state index is -1.72. The van der Waals surface area contributed by atoms with E-state index < -0.39 is 67.1 Å². The Kier molecular flexibility index (Phi) is 20.3. The van der Waals surface area contributed by atoms with Crippen LogP contribution in [0.1, 0.15) is 55.0 Å². The van der Waals surface area contributed by atoms with E-state index in [9.17, 15) is 15.7 Å². The van der Waals surface area contributed by atoms with Gasteiger partial charge in [-0.25, -0.2) is 0 Å². The molecular formula is C55H65N3O12. The maximum Gasteiger partial charge on any atom is 0.202 e. The van der Waals surface area contributed by atoms with Crippen LogP contribution in [0.3, 0.4) is 0 Å². The summed E-state index contributed by atoms with van der Waals surface area (Å²) in [5.74, 6) is -1.65. The Morgan fingerprint density at radius 3 is 1.59 bits per heavy atom. The van der Waals surface area contributed by atoms with Gasteiger partial charge >= 0.3 is 0 Å². The molecular weight excluding hydrogens is 895 g/mol. The van der Waals surface area contributed by atoms with Crippen molar-refractivity contribution in [1.29, 1.82) is 0 Å². The number of aliphatic hydroxyl groups is 2. The van der Waals surface area contributed by atoms with Gasteiger partial charge in [0.05, 0.1) is 71.1 Å². The summed E-state index contributed by atoms with van der Waals surface area (Å²) in [5.41, 5.74) is 14.5. The number of hydrogen-bond acceptors (Lipinski definition) is 13. The average molecular weight is 960 g/mol. The zero-order valence-corrected chi connectivity index (χ0v) is 40.0. The second-order valence-electron chi connectivity index (χ2n) is 17.6. The SMILES string of the molecule is CC[C@H](O[C@@H]1OC[C@@H](OCc2ccccc2)C(OCc2ccccc2)C1OCc1ccccc1)/C(=C\[C@@H](O)OC1COC(COCc2ccccc2)[C@H](N=[N+]=[N-])C1OCc1ccccc1)OC(C)(C)O. The molecule has 0 aliphatic carbocycles. The van der Waals surface area contributed by atoms with E-state index in [1.807, 2.05) is 159 Å². The first kappa shape index (κ1) is 52.3. The lowest BCUT2D eigenvalue weighted by Crippen LogP contribution is -2.57. The number of rotatable bonds is 26. The highest BCUT2D eigenvalue weighted by molar-refractivity contribution is 5.17. The van der Waals surface area contributed by atoms with Gasteiger partial charge < -0.3 is 57.6 Å². The molecule has 5 unspecified atom stereocenters. The predicted octanol–water partition coefficient (Wildman–Crippen LogP) is 9.11. The van der Waals surface area contributed by atoms with E-state index in [2.05, 4.69) is 10.0 Å². The Bertz CT molecular complexity index is 2320. The quantitative estimate of drug-likeness (QED) is 0.0177. The van der Waals surface area contributed by atoms with Crippen molar-refractivity contribution in [2.24, 2.45) is 5.11 Å². The molecule has 0 spiro atoms. The largest absolute Gasteiger partial charge is 0.465 e. The zero-order valence-electron chi connectivity index (χ0n) is 40.0. The van der Waals surface area contributed by atoms with Gasteiger partial charge in [0.1, 0.15) is 36.3 Å². The van der Waals surface area contributed by atoms with Crippen LogP contribution in [0.15, 0.2) is 169 Å². The van der Waals surface area contributed by atoms with Gasteiger partial charge in [0.25, 0.3) is 0 Å². The van der Waals surface area contributed by atoms with Crippen molar-refractivity contribution >= 4 is 0 Å². The van der Waals surface area contributed by atoms with Crippen molar-refractivity contribution in [1.82, 2.24) is 0 Å². The first-order valence-electron chi connectivity index (χ1n) is 23.8. The molecule has 2 N–H and O–H groups in total. The molecule has 2 saturated heterocycles. The zero-order chi connectivity index (χ0) is 49.0. The molecule has 0 bridgehead atoms. The number of hydrogen-bond donors (Lipinski definition) is 2. The van der Waals surface area contributed by atoms with Crippen molar-refractivity contribution in [2.75, 3.05) is 19.8 Å². The highest BCUT2D eigenvalue weighted by Gasteiger charge is 2.46. The summed E-state index contributed by atoms with van der Waals surface area (Å²) in [5, 5.41) is 27.0. The minimum Gasteiger partial charge on any atom is -0.465 e. The Hall–Kier alpha value is -5.49. The Labute approximate surface area is 410 Å². The minimum absolute atomic E-state index is 0.0369. The third-order valence-corrected chi connectivity index (χ3v) is 11.7. The van der Waals surface area contributed by atoms with E-state index in [1.54, 1.807) is 0 Å². The second-order valence-corrected chi connectivity index (χ2v) is 17.6. The molecule has 372 valence electrons. The van der Waals surface area contributed by atoms with E-state index in [-0.39, 0.29) is 45.4 Å². The van der Waals surface area contributed by atoms with E-state index in [0.29, 0.717) is 19.6 Å². The topological polar surface area (TPSA) is 182 Å². The standard InChI is InChI=1S/C55H65N3O12/c1-4-44(69-54-53(66-35-43-28-18-9-19-29-43)52(65-34-42-26-16-8-17-27-42)47(37-67-54)62-32-40-22-12-6-13-23-40)45(70-55(2,3)60)30-49(59)68-48-38-63-46(36-61-31-39-20-10-5-11-21-39)50(57-58-56)51(48)64-33-41-24-14-7-15-25-41/h5-30,44,46-54,59-60H,4,31-38H2,1-3H3/b45-30+/t44-,46?,47+,48?,49-,50-,51?,52?,53?,54-/m0/s1. The number of azide groups is 1. The van der Waals surface area contributed by atoms with Crippen LogP contribution in [0.2, 0.25) is 0 Å². The summed E-state index contributed by atoms with van der Waals surface area (Å²) < 4.78 is 64.4. The van der Waals surface area contributed by atoms with Gasteiger partial charge in [-0.05, 0) is 39.8 Å². The molecule has 7 rings (SSSR count). The van der Waals surface area contributed by atoms with Gasteiger partial charge in [0, 0.05) is 24.8 Å². The highest BCUT2D eigenvalue weighted by atomic mass is 16.7. The molecule has 0 amide bonds. The molecule has 5 aromatic carbocycles. The van der Waals surface area contributed by atoms with Crippen LogP contribution in [0.5, 0.6) is 0 Å². The lowest BCUT2D eigenvalue weighted by atomic mass is 9.97. The second kappa shape index (κ2) is 27.2. The Morgan fingerprint density at radius 1 is 0.643 bits per heavy atom. The summed E-state index contributed by atoms with van der Waals surface area (Å²) in [4.78, 5) is 3.15. The van der Waals surface area contributed by atoms with Crippen molar-refractivity contribution in [3.63, 3.8) is 0 Å². The van der Waals surface area contributed by atoms with Crippen LogP contribution >= 0.6 is 0 Å². The smallest absolute Gasteiger partial charge is 0.202 e. The molecule has 0 radical (unpaired) electrons. The molecule has 2 heterocycles. The van der Waals surface area contributed by atoms with Crippen molar-refractivity contribution in [3.05, 3.63) is 202 Å². The van der Waals surface area contributed by atoms with Gasteiger partial charge in [-0.15, -0.1) is 0 Å². The molecule has 2 fully saturated rings. The lowest BCUT2D eigenvalue weighted by molar-refractivity contribution is -0.310. The molecule has 0 saturated carbocycles. The predicted molar refractivity (Wildman–Crippen MR) is 260 cm³/mol. The van der Waals surface area contributed by atoms with Gasteiger partial charge in [-0.1, -0.05) is 164 Å². The molecule has 10 atom stereocenters.